The molecule has 1 amide bonds. The van der Waals surface area contributed by atoms with E-state index in [2.05, 4.69) is 10.3 Å². The first-order valence-corrected chi connectivity index (χ1v) is 7.34. The van der Waals surface area contributed by atoms with E-state index in [-0.39, 0.29) is 36.5 Å². The maximum absolute atomic E-state index is 12.0. The molecule has 0 aliphatic rings. The Balaban J connectivity index is 2.79. The molecule has 2 atom stereocenters. The Morgan fingerprint density at radius 3 is 2.59 bits per heavy atom. The topological polar surface area (TPSA) is 106 Å². The largest absolute Gasteiger partial charge is 0.396 e. The van der Waals surface area contributed by atoms with Crippen molar-refractivity contribution in [2.45, 2.75) is 46.6 Å². The second-order valence-corrected chi connectivity index (χ2v) is 5.69. The SMILES string of the molecule is Cc1[nH]c(=O)c(C#N)c(C)c1CCC(=O)NC(C)C(C)CO. The van der Waals surface area contributed by atoms with Crippen LogP contribution in [-0.2, 0) is 11.2 Å². The van der Waals surface area contributed by atoms with Gasteiger partial charge in [-0.3, -0.25) is 9.59 Å². The van der Waals surface area contributed by atoms with Crippen LogP contribution < -0.4 is 10.9 Å². The molecule has 2 unspecified atom stereocenters. The molecule has 1 heterocycles. The van der Waals surface area contributed by atoms with Crippen LogP contribution in [0.15, 0.2) is 4.79 Å². The molecule has 0 saturated carbocycles. The molecule has 0 aliphatic heterocycles. The van der Waals surface area contributed by atoms with Crippen molar-refractivity contribution in [1.82, 2.24) is 10.3 Å². The van der Waals surface area contributed by atoms with Crippen molar-refractivity contribution in [2.24, 2.45) is 5.92 Å². The zero-order valence-electron chi connectivity index (χ0n) is 13.5. The van der Waals surface area contributed by atoms with Crippen LogP contribution in [0.1, 0.15) is 42.7 Å². The quantitative estimate of drug-likeness (QED) is 0.727. The van der Waals surface area contributed by atoms with E-state index in [4.69, 9.17) is 10.4 Å². The van der Waals surface area contributed by atoms with Gasteiger partial charge in [-0.05, 0) is 44.2 Å². The number of hydrogen-bond donors (Lipinski definition) is 3. The highest BCUT2D eigenvalue weighted by molar-refractivity contribution is 5.76. The number of carbonyl (C=O) groups excluding carboxylic acids is 1. The van der Waals surface area contributed by atoms with Crippen LogP contribution in [0, 0.1) is 31.1 Å². The molecule has 0 spiro atoms. The van der Waals surface area contributed by atoms with Crippen LogP contribution in [0.4, 0.5) is 0 Å². The van der Waals surface area contributed by atoms with Crippen molar-refractivity contribution in [3.05, 3.63) is 32.7 Å². The number of nitrogens with one attached hydrogen (secondary N) is 2. The summed E-state index contributed by atoms with van der Waals surface area (Å²) in [7, 11) is 0. The number of aromatic amines is 1. The summed E-state index contributed by atoms with van der Waals surface area (Å²) in [5, 5.41) is 20.9. The molecular formula is C16H23N3O3. The van der Waals surface area contributed by atoms with E-state index in [1.54, 1.807) is 13.8 Å². The number of nitriles is 1. The summed E-state index contributed by atoms with van der Waals surface area (Å²) >= 11 is 0. The lowest BCUT2D eigenvalue weighted by molar-refractivity contribution is -0.122. The average Bonchev–Trinajstić information content (AvgIpc) is 2.45. The molecule has 120 valence electrons. The molecule has 0 aliphatic carbocycles. The van der Waals surface area contributed by atoms with Gasteiger partial charge in [-0.15, -0.1) is 0 Å². The third kappa shape index (κ3) is 4.18. The highest BCUT2D eigenvalue weighted by Gasteiger charge is 2.16. The molecule has 22 heavy (non-hydrogen) atoms. The minimum Gasteiger partial charge on any atom is -0.396 e. The molecular weight excluding hydrogens is 282 g/mol. The maximum atomic E-state index is 12.0. The van der Waals surface area contributed by atoms with E-state index < -0.39 is 5.56 Å². The van der Waals surface area contributed by atoms with E-state index in [0.29, 0.717) is 17.7 Å². The number of H-pyrrole nitrogens is 1. The first kappa shape index (κ1) is 17.9. The molecule has 1 aromatic heterocycles. The number of aliphatic hydroxyl groups excluding tert-OH is 1. The lowest BCUT2D eigenvalue weighted by atomic mass is 9.98. The van der Waals surface area contributed by atoms with Crippen molar-refractivity contribution in [3.63, 3.8) is 0 Å². The minimum atomic E-state index is -0.393. The van der Waals surface area contributed by atoms with Crippen molar-refractivity contribution in [3.8, 4) is 6.07 Å². The number of aryl methyl sites for hydroxylation is 1. The Hall–Kier alpha value is -2.13. The van der Waals surface area contributed by atoms with Gasteiger partial charge in [0, 0.05) is 24.8 Å². The van der Waals surface area contributed by atoms with Crippen LogP contribution in [0.3, 0.4) is 0 Å². The van der Waals surface area contributed by atoms with E-state index in [0.717, 1.165) is 5.56 Å². The molecule has 0 bridgehead atoms. The van der Waals surface area contributed by atoms with Crippen molar-refractivity contribution in [2.75, 3.05) is 6.61 Å². The van der Waals surface area contributed by atoms with E-state index in [1.165, 1.54) is 0 Å². The summed E-state index contributed by atoms with van der Waals surface area (Å²) in [5.74, 6) is -0.123. The number of rotatable bonds is 6. The summed E-state index contributed by atoms with van der Waals surface area (Å²) in [6.07, 6.45) is 0.719. The van der Waals surface area contributed by atoms with Gasteiger partial charge < -0.3 is 15.4 Å². The monoisotopic (exact) mass is 305 g/mol. The van der Waals surface area contributed by atoms with Crippen LogP contribution >= 0.6 is 0 Å². The normalized spacial score (nSPS) is 13.3. The van der Waals surface area contributed by atoms with E-state index >= 15 is 0 Å². The number of amides is 1. The highest BCUT2D eigenvalue weighted by atomic mass is 16.3. The van der Waals surface area contributed by atoms with Crippen LogP contribution in [0.2, 0.25) is 0 Å². The predicted octanol–water partition coefficient (Wildman–Crippen LogP) is 0.929. The van der Waals surface area contributed by atoms with Gasteiger partial charge in [-0.1, -0.05) is 6.92 Å². The third-order valence-electron chi connectivity index (χ3n) is 4.05. The van der Waals surface area contributed by atoms with Gasteiger partial charge in [-0.25, -0.2) is 0 Å². The third-order valence-corrected chi connectivity index (χ3v) is 4.05. The second kappa shape index (κ2) is 7.76. The number of pyridine rings is 1. The fourth-order valence-electron chi connectivity index (χ4n) is 2.29. The summed E-state index contributed by atoms with van der Waals surface area (Å²) in [5.41, 5.74) is 1.85. The number of hydrogen-bond acceptors (Lipinski definition) is 4. The molecule has 1 aromatic rings. The zero-order valence-corrected chi connectivity index (χ0v) is 13.5. The molecule has 3 N–H and O–H groups in total. The lowest BCUT2D eigenvalue weighted by Crippen LogP contribution is -2.38. The van der Waals surface area contributed by atoms with Gasteiger partial charge >= 0.3 is 0 Å². The zero-order chi connectivity index (χ0) is 16.9. The molecule has 0 fully saturated rings. The van der Waals surface area contributed by atoms with Crippen molar-refractivity contribution in [1.29, 1.82) is 5.26 Å². The predicted molar refractivity (Wildman–Crippen MR) is 83.4 cm³/mol. The number of aliphatic hydroxyl groups is 1. The summed E-state index contributed by atoms with van der Waals surface area (Å²) in [6, 6.07) is 1.79. The van der Waals surface area contributed by atoms with Crippen LogP contribution in [0.25, 0.3) is 0 Å². The summed E-state index contributed by atoms with van der Waals surface area (Å²) < 4.78 is 0. The smallest absolute Gasteiger partial charge is 0.266 e. The first-order chi connectivity index (χ1) is 10.3. The van der Waals surface area contributed by atoms with E-state index in [9.17, 15) is 9.59 Å². The van der Waals surface area contributed by atoms with Crippen LogP contribution in [-0.4, -0.2) is 28.6 Å². The van der Waals surface area contributed by atoms with Gasteiger partial charge in [0.25, 0.3) is 5.56 Å². The fourth-order valence-corrected chi connectivity index (χ4v) is 2.29. The second-order valence-electron chi connectivity index (χ2n) is 5.69. The summed E-state index contributed by atoms with van der Waals surface area (Å²) in [6.45, 7) is 7.22. The minimum absolute atomic E-state index is 0.00862. The Bertz CT molecular complexity index is 643. The highest BCUT2D eigenvalue weighted by Crippen LogP contribution is 2.15. The molecule has 1 rings (SSSR count). The lowest BCUT2D eigenvalue weighted by Gasteiger charge is -2.19. The maximum Gasteiger partial charge on any atom is 0.266 e. The van der Waals surface area contributed by atoms with Gasteiger partial charge in [0.05, 0.1) is 0 Å². The van der Waals surface area contributed by atoms with Gasteiger partial charge in [0.1, 0.15) is 11.6 Å². The molecule has 6 heteroatoms. The van der Waals surface area contributed by atoms with Gasteiger partial charge in [0.15, 0.2) is 0 Å². The number of nitrogens with zero attached hydrogens (tertiary/aromatic N) is 1. The Kier molecular flexibility index (Phi) is 6.32. The van der Waals surface area contributed by atoms with E-state index in [1.807, 2.05) is 19.9 Å². The van der Waals surface area contributed by atoms with Crippen molar-refractivity contribution >= 4 is 5.91 Å². The number of carbonyl (C=O) groups is 1. The van der Waals surface area contributed by atoms with Crippen LogP contribution in [0.5, 0.6) is 0 Å². The number of aromatic nitrogens is 1. The Morgan fingerprint density at radius 2 is 2.05 bits per heavy atom. The molecule has 6 nitrogen and oxygen atoms in total. The average molecular weight is 305 g/mol. The summed E-state index contributed by atoms with van der Waals surface area (Å²) in [4.78, 5) is 26.3. The van der Waals surface area contributed by atoms with Crippen molar-refractivity contribution < 1.29 is 9.90 Å². The molecule has 0 aromatic carbocycles. The standard InChI is InChI=1S/C16H23N3O3/c1-9(8-20)11(3)18-15(21)6-5-13-10(2)14(7-17)16(22)19-12(13)4/h9,11,20H,5-6,8H2,1-4H3,(H,18,21)(H,19,22). The molecule has 0 saturated heterocycles. The van der Waals surface area contributed by atoms with Gasteiger partial charge in [0.2, 0.25) is 5.91 Å². The fraction of sp³-hybridized carbons (Fsp3) is 0.562. The Labute approximate surface area is 130 Å². The van der Waals surface area contributed by atoms with Gasteiger partial charge in [-0.2, -0.15) is 5.26 Å². The Morgan fingerprint density at radius 1 is 1.41 bits per heavy atom. The first-order valence-electron chi connectivity index (χ1n) is 7.34. The molecule has 0 radical (unpaired) electrons.